The summed E-state index contributed by atoms with van der Waals surface area (Å²) in [5.41, 5.74) is 0. The maximum absolute atomic E-state index is 13.0. The molecule has 0 aromatic rings. The van der Waals surface area contributed by atoms with E-state index in [1.807, 2.05) is 0 Å². The molecule has 12 heteroatoms. The van der Waals surface area contributed by atoms with Crippen molar-refractivity contribution < 1.29 is 52.2 Å². The number of rotatable bonds is 56. The van der Waals surface area contributed by atoms with Crippen molar-refractivity contribution in [2.75, 3.05) is 26.4 Å². The number of hydrogen-bond acceptors (Lipinski definition) is 10. The molecule has 0 aromatic heterocycles. The van der Waals surface area contributed by atoms with Gasteiger partial charge in [0.15, 0.2) is 6.10 Å². The molecule has 0 aliphatic heterocycles. The van der Waals surface area contributed by atoms with Gasteiger partial charge in [0.05, 0.1) is 19.8 Å². The highest BCUT2D eigenvalue weighted by Crippen LogP contribution is 2.43. The van der Waals surface area contributed by atoms with E-state index < -0.39 is 57.8 Å². The molecule has 0 aliphatic carbocycles. The van der Waals surface area contributed by atoms with Crippen LogP contribution in [0.25, 0.3) is 0 Å². The first-order chi connectivity index (χ1) is 39.2. The summed E-state index contributed by atoms with van der Waals surface area (Å²) in [5.74, 6) is -1.54. The Labute approximate surface area is 487 Å². The summed E-state index contributed by atoms with van der Waals surface area (Å²) < 4.78 is 39.6. The van der Waals surface area contributed by atoms with E-state index in [0.717, 1.165) is 161 Å². The maximum Gasteiger partial charge on any atom is 0.472 e. The summed E-state index contributed by atoms with van der Waals surface area (Å²) in [4.78, 5) is 48.7. The summed E-state index contributed by atoms with van der Waals surface area (Å²) in [6.07, 6.45) is 76.8. The first-order valence-electron chi connectivity index (χ1n) is 31.1. The second kappa shape index (κ2) is 60.7. The molecule has 0 aromatic carbocycles. The zero-order valence-corrected chi connectivity index (χ0v) is 51.1. The smallest absolute Gasteiger partial charge is 0.462 e. The monoisotopic (exact) mass is 1130 g/mol. The number of hydrogen-bond donors (Lipinski definition) is 2. The number of unbranched alkanes of at least 4 members (excludes halogenated alkanes) is 17. The summed E-state index contributed by atoms with van der Waals surface area (Å²) >= 11 is 0. The van der Waals surface area contributed by atoms with Gasteiger partial charge in [0, 0.05) is 19.3 Å². The van der Waals surface area contributed by atoms with E-state index >= 15 is 0 Å². The average Bonchev–Trinajstić information content (AvgIpc) is 3.45. The Morgan fingerprint density at radius 1 is 0.362 bits per heavy atom. The first-order valence-corrected chi connectivity index (χ1v) is 32.6. The molecule has 0 radical (unpaired) electrons. The number of esters is 3. The quantitative estimate of drug-likeness (QED) is 0.0197. The van der Waals surface area contributed by atoms with Gasteiger partial charge >= 0.3 is 25.7 Å². The molecule has 0 heterocycles. The second-order valence-corrected chi connectivity index (χ2v) is 21.6. The summed E-state index contributed by atoms with van der Waals surface area (Å²) in [6, 6.07) is 0. The van der Waals surface area contributed by atoms with Crippen LogP contribution in [0.4, 0.5) is 0 Å². The van der Waals surface area contributed by atoms with Crippen LogP contribution in [0.3, 0.4) is 0 Å². The number of phosphoric ester groups is 1. The van der Waals surface area contributed by atoms with Gasteiger partial charge in [0.1, 0.15) is 12.7 Å². The number of allylic oxidation sites excluding steroid dienone is 22. The largest absolute Gasteiger partial charge is 0.472 e. The van der Waals surface area contributed by atoms with E-state index in [0.29, 0.717) is 19.3 Å². The summed E-state index contributed by atoms with van der Waals surface area (Å²) in [7, 11) is -4.78. The predicted molar refractivity (Wildman–Crippen MR) is 334 cm³/mol. The van der Waals surface area contributed by atoms with E-state index in [-0.39, 0.29) is 25.9 Å². The number of ether oxygens (including phenoxy) is 3. The highest BCUT2D eigenvalue weighted by Gasteiger charge is 2.28. The minimum atomic E-state index is -4.78. The first kappa shape index (κ1) is 75.6. The van der Waals surface area contributed by atoms with Gasteiger partial charge in [0.2, 0.25) is 0 Å². The fourth-order valence-corrected chi connectivity index (χ4v) is 8.66. The van der Waals surface area contributed by atoms with Gasteiger partial charge in [0.25, 0.3) is 0 Å². The van der Waals surface area contributed by atoms with Crippen molar-refractivity contribution in [3.63, 3.8) is 0 Å². The Morgan fingerprint density at radius 2 is 0.650 bits per heavy atom. The lowest BCUT2D eigenvalue weighted by Crippen LogP contribution is -2.30. The highest BCUT2D eigenvalue weighted by atomic mass is 31.2. The van der Waals surface area contributed by atoms with Gasteiger partial charge in [-0.1, -0.05) is 219 Å². The van der Waals surface area contributed by atoms with Gasteiger partial charge in [-0.05, 0) is 135 Å². The Kier molecular flexibility index (Phi) is 57.4. The van der Waals surface area contributed by atoms with Crippen molar-refractivity contribution in [3.05, 3.63) is 134 Å². The third-order valence-electron chi connectivity index (χ3n) is 12.5. The zero-order chi connectivity index (χ0) is 58.3. The van der Waals surface area contributed by atoms with Gasteiger partial charge in [-0.15, -0.1) is 0 Å². The minimum Gasteiger partial charge on any atom is -0.462 e. The molecular formula is C68H111O11P. The van der Waals surface area contributed by atoms with Crippen LogP contribution in [-0.2, 0) is 42.2 Å². The van der Waals surface area contributed by atoms with Crippen LogP contribution in [0.1, 0.15) is 239 Å². The van der Waals surface area contributed by atoms with Crippen molar-refractivity contribution in [2.24, 2.45) is 0 Å². The number of aliphatic hydroxyl groups excluding tert-OH is 1. The molecule has 2 N–H and O–H groups in total. The van der Waals surface area contributed by atoms with Gasteiger partial charge < -0.3 is 24.2 Å². The Balaban J connectivity index is 4.84. The van der Waals surface area contributed by atoms with Gasteiger partial charge in [-0.2, -0.15) is 0 Å². The van der Waals surface area contributed by atoms with Crippen LogP contribution in [0.2, 0.25) is 0 Å². The molecule has 454 valence electrons. The topological polar surface area (TPSA) is 155 Å². The molecule has 11 nitrogen and oxygen atoms in total. The molecule has 0 aliphatic rings. The molecule has 3 atom stereocenters. The summed E-state index contributed by atoms with van der Waals surface area (Å²) in [6.45, 7) is 4.32. The van der Waals surface area contributed by atoms with Crippen molar-refractivity contribution >= 4 is 25.7 Å². The number of phosphoric acid groups is 1. The van der Waals surface area contributed by atoms with E-state index in [4.69, 9.17) is 23.3 Å². The predicted octanol–water partition coefficient (Wildman–Crippen LogP) is 18.9. The second-order valence-electron chi connectivity index (χ2n) is 20.1. The Hall–Kier alpha value is -4.38. The molecule has 0 rings (SSSR count). The number of aliphatic hydroxyl groups is 1. The number of carbonyl (C=O) groups is 3. The van der Waals surface area contributed by atoms with Crippen LogP contribution in [0.15, 0.2) is 134 Å². The Bertz CT molecular complexity index is 1850. The van der Waals surface area contributed by atoms with E-state index in [9.17, 15) is 28.9 Å². The lowest BCUT2D eigenvalue weighted by atomic mass is 10.1. The third kappa shape index (κ3) is 58.3. The normalized spacial score (nSPS) is 14.2. The van der Waals surface area contributed by atoms with Crippen molar-refractivity contribution in [2.45, 2.75) is 251 Å². The molecule has 0 amide bonds. The van der Waals surface area contributed by atoms with Crippen LogP contribution < -0.4 is 0 Å². The molecular weight excluding hydrogens is 1020 g/mol. The maximum atomic E-state index is 13.0. The van der Waals surface area contributed by atoms with Crippen molar-refractivity contribution in [1.29, 1.82) is 0 Å². The standard InChI is InChI=1S/C68H111O11P/c1-4-7-10-13-16-19-22-25-28-30-32-34-37-39-42-45-48-51-54-57-66(70)75-61-65(79-68(72)59-56-53-50-47-44-41-38-35-33-31-29-26-23-20-17-14-11-8-5-2)63-77-80(73,74)76-62-64(60-69)78-67(71)58-55-52-49-46-43-40-36-27-24-21-18-15-12-9-6-3/h7-8,10-11,16-21,25-29,32-36,39,42,64-65,69H,4-6,9,12-15,22-24,30-31,37-38,40-41,43-63H2,1-3H3,(H,73,74)/b10-7-,11-8-,19-16-,20-17-,21-18-,28-25-,29-26-,34-32-,35-33-,36-27-,42-39-. The lowest BCUT2D eigenvalue weighted by Gasteiger charge is -2.21. The van der Waals surface area contributed by atoms with E-state index in [2.05, 4.69) is 154 Å². The van der Waals surface area contributed by atoms with Gasteiger partial charge in [-0.3, -0.25) is 23.4 Å². The summed E-state index contributed by atoms with van der Waals surface area (Å²) in [5, 5.41) is 9.84. The van der Waals surface area contributed by atoms with E-state index in [1.54, 1.807) is 0 Å². The molecule has 0 fully saturated rings. The third-order valence-corrected chi connectivity index (χ3v) is 13.5. The van der Waals surface area contributed by atoms with Crippen LogP contribution >= 0.6 is 7.82 Å². The zero-order valence-electron chi connectivity index (χ0n) is 50.2. The molecule has 0 bridgehead atoms. The van der Waals surface area contributed by atoms with Gasteiger partial charge in [-0.25, -0.2) is 4.57 Å². The molecule has 0 saturated heterocycles. The Morgan fingerprint density at radius 3 is 1.01 bits per heavy atom. The highest BCUT2D eigenvalue weighted by molar-refractivity contribution is 7.47. The fourth-order valence-electron chi connectivity index (χ4n) is 7.87. The molecule has 0 spiro atoms. The van der Waals surface area contributed by atoms with E-state index in [1.165, 1.54) is 19.3 Å². The van der Waals surface area contributed by atoms with Crippen LogP contribution in [0.5, 0.6) is 0 Å². The average molecular weight is 1140 g/mol. The molecule has 80 heavy (non-hydrogen) atoms. The van der Waals surface area contributed by atoms with Crippen LogP contribution in [0, 0.1) is 0 Å². The number of carbonyl (C=O) groups excluding carboxylic acids is 3. The van der Waals surface area contributed by atoms with Crippen molar-refractivity contribution in [1.82, 2.24) is 0 Å². The van der Waals surface area contributed by atoms with Crippen LogP contribution in [-0.4, -0.2) is 66.5 Å². The SMILES string of the molecule is CC/C=C\C/C=C\C/C=C\C/C=C\C/C=C\CCCCCC(=O)OCC(COP(=O)(O)OCC(CO)OC(=O)CCCCCCC/C=C\C/C=C\CCCCC)OC(=O)CCCCCCCC/C=C\C/C=C\C/C=C\C/C=C\CC. The molecule has 3 unspecified atom stereocenters. The lowest BCUT2D eigenvalue weighted by molar-refractivity contribution is -0.161. The van der Waals surface area contributed by atoms with Crippen molar-refractivity contribution in [3.8, 4) is 0 Å². The fraction of sp³-hybridized carbons (Fsp3) is 0.632. The minimum absolute atomic E-state index is 0.135. The molecule has 0 saturated carbocycles.